The molecule has 1 aliphatic heterocycles. The van der Waals surface area contributed by atoms with Gasteiger partial charge in [0.15, 0.2) is 5.43 Å². The Morgan fingerprint density at radius 2 is 2.09 bits per heavy atom. The fourth-order valence-corrected chi connectivity index (χ4v) is 3.56. The molecule has 1 saturated heterocycles. The first-order valence-corrected chi connectivity index (χ1v) is 8.80. The van der Waals surface area contributed by atoms with Crippen LogP contribution in [0.3, 0.4) is 0 Å². The summed E-state index contributed by atoms with van der Waals surface area (Å²) in [5.74, 6) is -0.883. The van der Waals surface area contributed by atoms with E-state index in [0.717, 1.165) is 4.31 Å². The lowest BCUT2D eigenvalue weighted by Gasteiger charge is -2.21. The smallest absolute Gasteiger partial charge is 0.268 e. The maximum absolute atomic E-state index is 12.3. The highest BCUT2D eigenvalue weighted by Crippen LogP contribution is 2.17. The first kappa shape index (κ1) is 17.6. The number of pyridine rings is 1. The van der Waals surface area contributed by atoms with Gasteiger partial charge in [0.2, 0.25) is 10.0 Å². The quantitative estimate of drug-likeness (QED) is 0.736. The molecule has 2 atom stereocenters. The molecule has 0 bridgehead atoms. The largest absolute Gasteiger partial charge is 0.379 e. The molecular formula is C14H21N3O5S. The molecule has 0 unspecified atom stereocenters. The Morgan fingerprint density at radius 1 is 1.39 bits per heavy atom. The molecule has 2 N–H and O–H groups in total. The van der Waals surface area contributed by atoms with Gasteiger partial charge in [-0.2, -0.15) is 0 Å². The number of hydrogen-bond donors (Lipinski definition) is 2. The Kier molecular flexibility index (Phi) is 5.23. The van der Waals surface area contributed by atoms with Gasteiger partial charge in [-0.05, 0) is 6.92 Å². The second-order valence-electron chi connectivity index (χ2n) is 5.85. The minimum Gasteiger partial charge on any atom is -0.379 e. The molecule has 23 heavy (non-hydrogen) atoms. The Labute approximate surface area is 134 Å². The van der Waals surface area contributed by atoms with Gasteiger partial charge in [0.1, 0.15) is 5.69 Å². The number of ether oxygens (including phenoxy) is 1. The average Bonchev–Trinajstić information content (AvgIpc) is 2.84. The van der Waals surface area contributed by atoms with Crippen LogP contribution in [0.25, 0.3) is 0 Å². The lowest BCUT2D eigenvalue weighted by molar-refractivity contribution is 0.0920. The van der Waals surface area contributed by atoms with Gasteiger partial charge in [0, 0.05) is 37.8 Å². The van der Waals surface area contributed by atoms with Gasteiger partial charge in [0.25, 0.3) is 5.91 Å². The van der Waals surface area contributed by atoms with Crippen molar-refractivity contribution in [2.45, 2.75) is 13.0 Å². The normalized spacial score (nSPS) is 21.6. The van der Waals surface area contributed by atoms with Crippen molar-refractivity contribution in [3.8, 4) is 0 Å². The minimum atomic E-state index is -3.38. The van der Waals surface area contributed by atoms with Gasteiger partial charge in [-0.25, -0.2) is 12.7 Å². The predicted octanol–water partition coefficient (Wildman–Crippen LogP) is -0.680. The number of rotatable bonds is 5. The van der Waals surface area contributed by atoms with Crippen LogP contribution in [0.15, 0.2) is 16.9 Å². The first-order valence-electron chi connectivity index (χ1n) is 7.19. The predicted molar refractivity (Wildman–Crippen MR) is 84.8 cm³/mol. The van der Waals surface area contributed by atoms with Crippen LogP contribution in [0, 0.1) is 12.8 Å². The third kappa shape index (κ3) is 4.40. The monoisotopic (exact) mass is 343 g/mol. The van der Waals surface area contributed by atoms with E-state index in [0.29, 0.717) is 5.69 Å². The van der Waals surface area contributed by atoms with E-state index in [1.165, 1.54) is 26.2 Å². The van der Waals surface area contributed by atoms with Gasteiger partial charge in [-0.1, -0.05) is 0 Å². The molecule has 2 heterocycles. The Morgan fingerprint density at radius 3 is 2.70 bits per heavy atom. The molecular weight excluding hydrogens is 322 g/mol. The maximum atomic E-state index is 12.3. The van der Waals surface area contributed by atoms with Crippen molar-refractivity contribution in [1.29, 1.82) is 0 Å². The molecule has 2 rings (SSSR count). The number of nitrogens with one attached hydrogen (secondary N) is 2. The number of amides is 1. The van der Waals surface area contributed by atoms with Crippen molar-refractivity contribution in [3.05, 3.63) is 33.7 Å². The van der Waals surface area contributed by atoms with E-state index in [-0.39, 0.29) is 36.0 Å². The fourth-order valence-electron chi connectivity index (χ4n) is 2.39. The number of aromatic amines is 1. The van der Waals surface area contributed by atoms with E-state index in [2.05, 4.69) is 10.3 Å². The van der Waals surface area contributed by atoms with Crippen LogP contribution in [0.5, 0.6) is 0 Å². The first-order chi connectivity index (χ1) is 10.7. The molecule has 1 amide bonds. The molecule has 1 aromatic heterocycles. The molecule has 0 saturated carbocycles. The summed E-state index contributed by atoms with van der Waals surface area (Å²) in [5, 5.41) is 2.74. The van der Waals surface area contributed by atoms with Crippen LogP contribution < -0.4 is 10.7 Å². The van der Waals surface area contributed by atoms with E-state index in [4.69, 9.17) is 4.74 Å². The maximum Gasteiger partial charge on any atom is 0.268 e. The van der Waals surface area contributed by atoms with Crippen molar-refractivity contribution in [2.24, 2.45) is 5.92 Å². The van der Waals surface area contributed by atoms with E-state index in [1.54, 1.807) is 6.92 Å². The number of sulfonamides is 1. The lowest BCUT2D eigenvalue weighted by atomic mass is 10.1. The zero-order valence-corrected chi connectivity index (χ0v) is 14.1. The van der Waals surface area contributed by atoms with Crippen molar-refractivity contribution in [3.63, 3.8) is 0 Å². The second kappa shape index (κ2) is 6.81. The second-order valence-corrected chi connectivity index (χ2v) is 8.08. The Bertz CT molecular complexity index is 741. The summed E-state index contributed by atoms with van der Waals surface area (Å²) in [6.45, 7) is 2.20. The number of carbonyl (C=O) groups is 1. The summed E-state index contributed by atoms with van der Waals surface area (Å²) in [6.07, 6.45) is 0. The number of H-pyrrole nitrogens is 1. The highest BCUT2D eigenvalue weighted by atomic mass is 32.2. The Balaban J connectivity index is 2.09. The van der Waals surface area contributed by atoms with Crippen molar-refractivity contribution in [1.82, 2.24) is 14.6 Å². The van der Waals surface area contributed by atoms with E-state index < -0.39 is 22.0 Å². The molecule has 1 aliphatic rings. The van der Waals surface area contributed by atoms with Crippen LogP contribution in [-0.4, -0.2) is 62.7 Å². The van der Waals surface area contributed by atoms with Gasteiger partial charge < -0.3 is 15.0 Å². The summed E-state index contributed by atoms with van der Waals surface area (Å²) in [5.41, 5.74) is 0.467. The van der Waals surface area contributed by atoms with Crippen LogP contribution in [-0.2, 0) is 14.8 Å². The zero-order valence-electron chi connectivity index (χ0n) is 13.3. The zero-order chi connectivity index (χ0) is 17.2. The van der Waals surface area contributed by atoms with Gasteiger partial charge in [-0.3, -0.25) is 9.59 Å². The molecule has 0 spiro atoms. The minimum absolute atomic E-state index is 0.102. The van der Waals surface area contributed by atoms with Crippen molar-refractivity contribution in [2.75, 3.05) is 33.1 Å². The SMILES string of the molecule is Cc1cc(=O)cc(C(=O)N[C@H]2COC[C@H]2CS(=O)(=O)N(C)C)[nH]1. The number of aryl methyl sites for hydroxylation is 1. The highest BCUT2D eigenvalue weighted by Gasteiger charge is 2.34. The van der Waals surface area contributed by atoms with E-state index >= 15 is 0 Å². The molecule has 0 radical (unpaired) electrons. The molecule has 1 aromatic rings. The lowest BCUT2D eigenvalue weighted by Crippen LogP contribution is -2.44. The summed E-state index contributed by atoms with van der Waals surface area (Å²) >= 11 is 0. The summed E-state index contributed by atoms with van der Waals surface area (Å²) in [4.78, 5) is 26.5. The summed E-state index contributed by atoms with van der Waals surface area (Å²) in [6, 6.07) is 2.19. The summed E-state index contributed by atoms with van der Waals surface area (Å²) in [7, 11) is -0.447. The van der Waals surface area contributed by atoms with Crippen LogP contribution in [0.2, 0.25) is 0 Å². The van der Waals surface area contributed by atoms with Crippen LogP contribution in [0.4, 0.5) is 0 Å². The third-order valence-corrected chi connectivity index (χ3v) is 5.68. The molecule has 9 heteroatoms. The number of carbonyl (C=O) groups excluding carboxylic acids is 1. The van der Waals surface area contributed by atoms with E-state index in [9.17, 15) is 18.0 Å². The number of nitrogens with zero attached hydrogens (tertiary/aromatic N) is 1. The number of hydrogen-bond acceptors (Lipinski definition) is 5. The topological polar surface area (TPSA) is 109 Å². The molecule has 128 valence electrons. The fraction of sp³-hybridized carbons (Fsp3) is 0.571. The number of aromatic nitrogens is 1. The third-order valence-electron chi connectivity index (χ3n) is 3.72. The van der Waals surface area contributed by atoms with Gasteiger partial charge in [0.05, 0.1) is 25.0 Å². The average molecular weight is 343 g/mol. The molecule has 0 aliphatic carbocycles. The van der Waals surface area contributed by atoms with Crippen LogP contribution >= 0.6 is 0 Å². The van der Waals surface area contributed by atoms with Crippen molar-refractivity contribution < 1.29 is 17.9 Å². The van der Waals surface area contributed by atoms with Crippen LogP contribution in [0.1, 0.15) is 16.2 Å². The standard InChI is InChI=1S/C14H21N3O5S/c1-9-4-11(18)5-12(15-9)14(19)16-13-7-22-6-10(13)8-23(20,21)17(2)3/h4-5,10,13H,6-8H2,1-3H3,(H,15,18)(H,16,19)/t10-,13-/m0/s1. The molecule has 0 aromatic carbocycles. The van der Waals surface area contributed by atoms with Gasteiger partial charge in [-0.15, -0.1) is 0 Å². The van der Waals surface area contributed by atoms with Crippen molar-refractivity contribution >= 4 is 15.9 Å². The summed E-state index contributed by atoms with van der Waals surface area (Å²) < 4.78 is 30.4. The molecule has 1 fully saturated rings. The molecule has 8 nitrogen and oxygen atoms in total. The van der Waals surface area contributed by atoms with E-state index in [1.807, 2.05) is 0 Å². The highest BCUT2D eigenvalue weighted by molar-refractivity contribution is 7.89. The Hall–Kier alpha value is -1.71. The van der Waals surface area contributed by atoms with Gasteiger partial charge >= 0.3 is 0 Å².